The summed E-state index contributed by atoms with van der Waals surface area (Å²) in [5.41, 5.74) is 0.113. The van der Waals surface area contributed by atoms with Gasteiger partial charge in [-0.15, -0.1) is 17.9 Å². The molecule has 9 heteroatoms. The van der Waals surface area contributed by atoms with E-state index in [1.165, 1.54) is 22.9 Å². The average molecular weight is 314 g/mol. The molecule has 2 aromatic rings. The molecular weight excluding hydrogens is 302 g/mol. The molecule has 0 fully saturated rings. The number of hydrogen-bond donors (Lipinski definition) is 1. The van der Waals surface area contributed by atoms with Crippen LogP contribution in [0.25, 0.3) is 0 Å². The standard InChI is InChI=1S/C12H12F2N4O2S/c1-2-3-16-12-17-8(7-21-12)10(19)20-6-9-15-4-5-18(9)11(13)14/h2,4-5,7,11H,1,3,6H2,(H,16,17). The van der Waals surface area contributed by atoms with E-state index in [0.29, 0.717) is 16.2 Å². The van der Waals surface area contributed by atoms with E-state index in [-0.39, 0.29) is 18.1 Å². The fourth-order valence-electron chi connectivity index (χ4n) is 1.45. The molecule has 0 aliphatic carbocycles. The molecule has 2 rings (SSSR count). The predicted octanol–water partition coefficient (Wildman–Crippen LogP) is 2.69. The summed E-state index contributed by atoms with van der Waals surface area (Å²) in [6.07, 6.45) is 3.99. The number of alkyl halides is 2. The molecule has 0 spiro atoms. The van der Waals surface area contributed by atoms with Crippen LogP contribution in [0.15, 0.2) is 30.4 Å². The normalized spacial score (nSPS) is 10.6. The van der Waals surface area contributed by atoms with E-state index < -0.39 is 12.5 Å². The second kappa shape index (κ2) is 6.93. The number of aromatic nitrogens is 3. The molecule has 2 aromatic heterocycles. The van der Waals surface area contributed by atoms with E-state index in [2.05, 4.69) is 21.9 Å². The number of rotatable bonds is 7. The molecule has 1 N–H and O–H groups in total. The summed E-state index contributed by atoms with van der Waals surface area (Å²) in [7, 11) is 0. The summed E-state index contributed by atoms with van der Waals surface area (Å²) in [6.45, 7) is 1.00. The Morgan fingerprint density at radius 2 is 2.43 bits per heavy atom. The van der Waals surface area contributed by atoms with Crippen molar-refractivity contribution >= 4 is 22.4 Å². The van der Waals surface area contributed by atoms with Crippen molar-refractivity contribution < 1.29 is 18.3 Å². The molecule has 0 aromatic carbocycles. The molecule has 0 saturated heterocycles. The highest BCUT2D eigenvalue weighted by Gasteiger charge is 2.16. The maximum atomic E-state index is 12.6. The third-order valence-corrected chi connectivity index (χ3v) is 3.20. The monoisotopic (exact) mass is 314 g/mol. The number of carbonyl (C=O) groups excluding carboxylic acids is 1. The van der Waals surface area contributed by atoms with Crippen molar-refractivity contribution in [3.8, 4) is 0 Å². The molecule has 21 heavy (non-hydrogen) atoms. The fraction of sp³-hybridized carbons (Fsp3) is 0.250. The van der Waals surface area contributed by atoms with Crippen molar-refractivity contribution in [3.05, 3.63) is 41.9 Å². The van der Waals surface area contributed by atoms with Gasteiger partial charge in [-0.3, -0.25) is 4.57 Å². The summed E-state index contributed by atoms with van der Waals surface area (Å²) in [5.74, 6) is -0.722. The predicted molar refractivity (Wildman–Crippen MR) is 73.4 cm³/mol. The number of anilines is 1. The average Bonchev–Trinajstić information content (AvgIpc) is 3.11. The maximum Gasteiger partial charge on any atom is 0.358 e. The number of ether oxygens (including phenoxy) is 1. The van der Waals surface area contributed by atoms with Gasteiger partial charge in [-0.1, -0.05) is 6.08 Å². The molecule has 2 heterocycles. The summed E-state index contributed by atoms with van der Waals surface area (Å²) in [4.78, 5) is 19.5. The molecule has 0 aliphatic heterocycles. The largest absolute Gasteiger partial charge is 0.453 e. The number of nitrogens with one attached hydrogen (secondary N) is 1. The van der Waals surface area contributed by atoms with E-state index >= 15 is 0 Å². The summed E-state index contributed by atoms with van der Waals surface area (Å²) < 4.78 is 30.7. The van der Waals surface area contributed by atoms with Crippen LogP contribution < -0.4 is 5.32 Å². The first kappa shape index (κ1) is 15.1. The van der Waals surface area contributed by atoms with Crippen LogP contribution in [0.3, 0.4) is 0 Å². The van der Waals surface area contributed by atoms with Crippen LogP contribution in [0.2, 0.25) is 0 Å². The first-order valence-electron chi connectivity index (χ1n) is 5.89. The lowest BCUT2D eigenvalue weighted by Crippen LogP contribution is -2.10. The Morgan fingerprint density at radius 3 is 3.14 bits per heavy atom. The zero-order valence-electron chi connectivity index (χ0n) is 10.8. The Balaban J connectivity index is 1.93. The smallest absolute Gasteiger partial charge is 0.358 e. The lowest BCUT2D eigenvalue weighted by Gasteiger charge is -2.06. The number of esters is 1. The lowest BCUT2D eigenvalue weighted by molar-refractivity contribution is 0.0371. The van der Waals surface area contributed by atoms with Gasteiger partial charge in [0.1, 0.15) is 6.61 Å². The van der Waals surface area contributed by atoms with Gasteiger partial charge in [0.2, 0.25) is 0 Å². The van der Waals surface area contributed by atoms with Gasteiger partial charge < -0.3 is 10.1 Å². The van der Waals surface area contributed by atoms with Crippen LogP contribution in [-0.4, -0.2) is 27.0 Å². The van der Waals surface area contributed by atoms with Crippen LogP contribution >= 0.6 is 11.3 Å². The van der Waals surface area contributed by atoms with Crippen LogP contribution in [-0.2, 0) is 11.3 Å². The molecule has 0 bridgehead atoms. The Morgan fingerprint density at radius 1 is 1.62 bits per heavy atom. The van der Waals surface area contributed by atoms with Gasteiger partial charge in [0, 0.05) is 24.3 Å². The topological polar surface area (TPSA) is 69.0 Å². The Hall–Kier alpha value is -2.29. The molecule has 0 saturated carbocycles. The minimum atomic E-state index is -2.73. The molecular formula is C12H12F2N4O2S. The van der Waals surface area contributed by atoms with Gasteiger partial charge in [-0.2, -0.15) is 8.78 Å². The van der Waals surface area contributed by atoms with Crippen molar-refractivity contribution in [2.45, 2.75) is 13.2 Å². The van der Waals surface area contributed by atoms with Crippen molar-refractivity contribution in [3.63, 3.8) is 0 Å². The highest BCUT2D eigenvalue weighted by atomic mass is 32.1. The number of thiazole rings is 1. The summed E-state index contributed by atoms with van der Waals surface area (Å²) in [5, 5.41) is 5.00. The molecule has 0 amide bonds. The van der Waals surface area contributed by atoms with E-state index in [9.17, 15) is 13.6 Å². The van der Waals surface area contributed by atoms with Crippen LogP contribution in [0.5, 0.6) is 0 Å². The van der Waals surface area contributed by atoms with Gasteiger partial charge in [0.25, 0.3) is 0 Å². The van der Waals surface area contributed by atoms with Crippen molar-refractivity contribution in [1.82, 2.24) is 14.5 Å². The third kappa shape index (κ3) is 3.85. The number of nitrogens with zero attached hydrogens (tertiary/aromatic N) is 3. The van der Waals surface area contributed by atoms with Crippen LogP contribution in [0.4, 0.5) is 13.9 Å². The first-order valence-corrected chi connectivity index (χ1v) is 6.77. The second-order valence-electron chi connectivity index (χ2n) is 3.81. The minimum Gasteiger partial charge on any atom is -0.453 e. The SMILES string of the molecule is C=CCNc1nc(C(=O)OCc2nccn2C(F)F)cs1. The Labute approximate surface area is 123 Å². The molecule has 0 aliphatic rings. The number of hydrogen-bond acceptors (Lipinski definition) is 6. The zero-order chi connectivity index (χ0) is 15.2. The maximum absolute atomic E-state index is 12.6. The van der Waals surface area contributed by atoms with Gasteiger partial charge in [0.15, 0.2) is 16.6 Å². The number of carbonyl (C=O) groups is 1. The molecule has 0 unspecified atom stereocenters. The summed E-state index contributed by atoms with van der Waals surface area (Å²) >= 11 is 1.24. The fourth-order valence-corrected chi connectivity index (χ4v) is 2.14. The van der Waals surface area contributed by atoms with E-state index in [1.807, 2.05) is 0 Å². The van der Waals surface area contributed by atoms with Crippen molar-refractivity contribution in [1.29, 1.82) is 0 Å². The number of imidazole rings is 1. The van der Waals surface area contributed by atoms with Crippen LogP contribution in [0.1, 0.15) is 22.9 Å². The van der Waals surface area contributed by atoms with Crippen LogP contribution in [0, 0.1) is 0 Å². The Bertz CT molecular complexity index is 626. The van der Waals surface area contributed by atoms with E-state index in [4.69, 9.17) is 4.74 Å². The molecule has 6 nitrogen and oxygen atoms in total. The molecule has 0 radical (unpaired) electrons. The van der Waals surface area contributed by atoms with Gasteiger partial charge in [-0.25, -0.2) is 14.8 Å². The first-order chi connectivity index (χ1) is 10.1. The number of halogens is 2. The highest BCUT2D eigenvalue weighted by molar-refractivity contribution is 7.13. The minimum absolute atomic E-state index is 0.0291. The Kier molecular flexibility index (Phi) is 4.99. The van der Waals surface area contributed by atoms with Crippen molar-refractivity contribution in [2.24, 2.45) is 0 Å². The zero-order valence-corrected chi connectivity index (χ0v) is 11.6. The highest BCUT2D eigenvalue weighted by Crippen LogP contribution is 2.17. The quantitative estimate of drug-likeness (QED) is 0.628. The molecule has 0 atom stereocenters. The van der Waals surface area contributed by atoms with Gasteiger partial charge in [0.05, 0.1) is 0 Å². The molecule has 112 valence electrons. The third-order valence-electron chi connectivity index (χ3n) is 2.40. The lowest BCUT2D eigenvalue weighted by atomic mass is 10.5. The van der Waals surface area contributed by atoms with Gasteiger partial charge in [-0.05, 0) is 0 Å². The summed E-state index contributed by atoms with van der Waals surface area (Å²) in [6, 6.07) is 0. The van der Waals surface area contributed by atoms with E-state index in [0.717, 1.165) is 6.20 Å². The van der Waals surface area contributed by atoms with Gasteiger partial charge >= 0.3 is 12.5 Å². The second-order valence-corrected chi connectivity index (χ2v) is 4.67. The van der Waals surface area contributed by atoms with Crippen molar-refractivity contribution in [2.75, 3.05) is 11.9 Å². The van der Waals surface area contributed by atoms with E-state index in [1.54, 1.807) is 6.08 Å².